The number of hydrogen-bond donors (Lipinski definition) is 1. The molecule has 0 unspecified atom stereocenters. The number of fused-ring (bicyclic) bond motifs is 1. The molecule has 0 spiro atoms. The number of aryl methyl sites for hydroxylation is 1. The van der Waals surface area contributed by atoms with Crippen LogP contribution in [0.1, 0.15) is 24.5 Å². The molecule has 3 rings (SSSR count). The van der Waals surface area contributed by atoms with E-state index in [1.165, 1.54) is 5.56 Å². The normalized spacial score (nSPS) is 13.0. The van der Waals surface area contributed by atoms with E-state index in [1.807, 2.05) is 30.3 Å². The van der Waals surface area contributed by atoms with Crippen LogP contribution in [0.2, 0.25) is 0 Å². The lowest BCUT2D eigenvalue weighted by Gasteiger charge is -2.03. The minimum atomic E-state index is 0.187. The lowest BCUT2D eigenvalue weighted by molar-refractivity contribution is 0.174. The monoisotopic (exact) mass is 283 g/mol. The average molecular weight is 283 g/mol. The van der Waals surface area contributed by atoms with Crippen molar-refractivity contribution in [2.75, 3.05) is 6.79 Å². The Morgan fingerprint density at radius 1 is 1.14 bits per heavy atom. The molecule has 0 saturated carbocycles. The number of phenolic OH excluding ortho intramolecular Hbond substituents is 1. The lowest BCUT2D eigenvalue weighted by atomic mass is 10.1. The van der Waals surface area contributed by atoms with Crippen LogP contribution in [0.5, 0.6) is 17.2 Å². The summed E-state index contributed by atoms with van der Waals surface area (Å²) in [6.07, 6.45) is 3.76. The summed E-state index contributed by atoms with van der Waals surface area (Å²) in [5.74, 6) is 1.66. The Bertz CT molecular complexity index is 680. The Morgan fingerprint density at radius 2 is 2.00 bits per heavy atom. The number of ether oxygens (including phenoxy) is 2. The molecule has 0 amide bonds. The summed E-state index contributed by atoms with van der Waals surface area (Å²) in [6.45, 7) is 2.39. The fraction of sp³-hybridized carbons (Fsp3) is 0.235. The molecule has 0 atom stereocenters. The van der Waals surface area contributed by atoms with Crippen molar-refractivity contribution >= 4 is 11.9 Å². The second-order valence-electron chi connectivity index (χ2n) is 4.94. The molecule has 2 aromatic carbocycles. The molecule has 108 valence electrons. The molecule has 1 N–H and O–H groups in total. The van der Waals surface area contributed by atoms with E-state index in [0.717, 1.165) is 29.9 Å². The predicted molar refractivity (Wildman–Crippen MR) is 81.9 cm³/mol. The van der Waals surface area contributed by atoms with Crippen molar-refractivity contribution in [3.63, 3.8) is 0 Å². The zero-order valence-corrected chi connectivity index (χ0v) is 11.9. The maximum absolute atomic E-state index is 9.88. The van der Waals surface area contributed by atoms with Crippen molar-refractivity contribution in [1.29, 1.82) is 0 Å². The van der Waals surface area contributed by atoms with Crippen LogP contribution in [0.15, 0.2) is 41.4 Å². The van der Waals surface area contributed by atoms with Crippen LogP contribution in [0, 0.1) is 0 Å². The summed E-state index contributed by atoms with van der Waals surface area (Å²) in [7, 11) is 0. The molecular weight excluding hydrogens is 266 g/mol. The van der Waals surface area contributed by atoms with Crippen LogP contribution >= 0.6 is 0 Å². The third kappa shape index (κ3) is 2.99. The zero-order valence-electron chi connectivity index (χ0n) is 11.9. The first kappa shape index (κ1) is 13.5. The highest BCUT2D eigenvalue weighted by molar-refractivity contribution is 5.84. The standard InChI is InChI=1S/C17H17NO3/c1-2-3-12-4-6-15(19)14(8-12)18-10-13-5-7-16-17(9-13)21-11-20-16/h4-10,19H,2-3,11H2,1H3. The minimum absolute atomic E-state index is 0.187. The van der Waals surface area contributed by atoms with Gasteiger partial charge in [-0.1, -0.05) is 19.4 Å². The van der Waals surface area contributed by atoms with E-state index in [9.17, 15) is 5.11 Å². The number of hydrogen-bond acceptors (Lipinski definition) is 4. The van der Waals surface area contributed by atoms with Crippen LogP contribution in [-0.2, 0) is 6.42 Å². The molecule has 1 heterocycles. The van der Waals surface area contributed by atoms with Crippen LogP contribution < -0.4 is 9.47 Å². The average Bonchev–Trinajstić information content (AvgIpc) is 2.95. The molecule has 0 radical (unpaired) electrons. The zero-order chi connectivity index (χ0) is 14.7. The highest BCUT2D eigenvalue weighted by atomic mass is 16.7. The Hall–Kier alpha value is -2.49. The Labute approximate surface area is 123 Å². The summed E-state index contributed by atoms with van der Waals surface area (Å²) < 4.78 is 10.6. The number of benzene rings is 2. The smallest absolute Gasteiger partial charge is 0.231 e. The maximum Gasteiger partial charge on any atom is 0.231 e. The van der Waals surface area contributed by atoms with E-state index in [-0.39, 0.29) is 12.5 Å². The SMILES string of the molecule is CCCc1ccc(O)c(N=Cc2ccc3c(c2)OCO3)c1. The molecule has 0 aromatic heterocycles. The van der Waals surface area contributed by atoms with Gasteiger partial charge in [-0.15, -0.1) is 0 Å². The van der Waals surface area contributed by atoms with Gasteiger partial charge in [0.1, 0.15) is 11.4 Å². The van der Waals surface area contributed by atoms with Crippen molar-refractivity contribution in [2.45, 2.75) is 19.8 Å². The quantitative estimate of drug-likeness (QED) is 0.868. The number of aromatic hydroxyl groups is 1. The molecule has 0 aliphatic carbocycles. The number of aliphatic imine (C=N–C) groups is 1. The van der Waals surface area contributed by atoms with Gasteiger partial charge in [-0.3, -0.25) is 4.99 Å². The molecule has 2 aromatic rings. The summed E-state index contributed by atoms with van der Waals surface area (Å²) >= 11 is 0. The highest BCUT2D eigenvalue weighted by Gasteiger charge is 2.12. The third-order valence-corrected chi connectivity index (χ3v) is 3.33. The maximum atomic E-state index is 9.88. The van der Waals surface area contributed by atoms with E-state index < -0.39 is 0 Å². The molecule has 1 aliphatic rings. The molecule has 1 aliphatic heterocycles. The van der Waals surface area contributed by atoms with Crippen LogP contribution in [0.4, 0.5) is 5.69 Å². The summed E-state index contributed by atoms with van der Waals surface area (Å²) in [4.78, 5) is 4.37. The Morgan fingerprint density at radius 3 is 2.86 bits per heavy atom. The van der Waals surface area contributed by atoms with Crippen LogP contribution in [0.3, 0.4) is 0 Å². The van der Waals surface area contributed by atoms with E-state index in [2.05, 4.69) is 11.9 Å². The number of phenols is 1. The first-order chi connectivity index (χ1) is 10.3. The van der Waals surface area contributed by atoms with Gasteiger partial charge in [0.05, 0.1) is 0 Å². The van der Waals surface area contributed by atoms with Crippen molar-refractivity contribution in [3.8, 4) is 17.2 Å². The topological polar surface area (TPSA) is 51.1 Å². The minimum Gasteiger partial charge on any atom is -0.506 e. The Balaban J connectivity index is 1.84. The van der Waals surface area contributed by atoms with Crippen molar-refractivity contribution in [2.24, 2.45) is 4.99 Å². The van der Waals surface area contributed by atoms with Gasteiger partial charge >= 0.3 is 0 Å². The Kier molecular flexibility index (Phi) is 3.77. The van der Waals surface area contributed by atoms with Crippen molar-refractivity contribution in [3.05, 3.63) is 47.5 Å². The second-order valence-corrected chi connectivity index (χ2v) is 4.94. The van der Waals surface area contributed by atoms with Gasteiger partial charge in [0.2, 0.25) is 6.79 Å². The first-order valence-corrected chi connectivity index (χ1v) is 7.02. The third-order valence-electron chi connectivity index (χ3n) is 3.33. The van der Waals surface area contributed by atoms with Gasteiger partial charge in [0.15, 0.2) is 11.5 Å². The molecular formula is C17H17NO3. The summed E-state index contributed by atoms with van der Waals surface area (Å²) in [5.41, 5.74) is 2.66. The number of rotatable bonds is 4. The largest absolute Gasteiger partial charge is 0.506 e. The molecule has 4 nitrogen and oxygen atoms in total. The predicted octanol–water partition coefficient (Wildman–Crippen LogP) is 3.82. The summed E-state index contributed by atoms with van der Waals surface area (Å²) in [6, 6.07) is 11.2. The van der Waals surface area contributed by atoms with Gasteiger partial charge < -0.3 is 14.6 Å². The first-order valence-electron chi connectivity index (χ1n) is 7.02. The fourth-order valence-electron chi connectivity index (χ4n) is 2.25. The van der Waals surface area contributed by atoms with Gasteiger partial charge in [0.25, 0.3) is 0 Å². The van der Waals surface area contributed by atoms with Crippen LogP contribution in [-0.4, -0.2) is 18.1 Å². The molecule has 4 heteroatoms. The van der Waals surface area contributed by atoms with Crippen molar-refractivity contribution in [1.82, 2.24) is 0 Å². The fourth-order valence-corrected chi connectivity index (χ4v) is 2.25. The number of nitrogens with zero attached hydrogens (tertiary/aromatic N) is 1. The lowest BCUT2D eigenvalue weighted by Crippen LogP contribution is -1.92. The van der Waals surface area contributed by atoms with Gasteiger partial charge in [-0.05, 0) is 47.9 Å². The molecule has 21 heavy (non-hydrogen) atoms. The van der Waals surface area contributed by atoms with Crippen molar-refractivity contribution < 1.29 is 14.6 Å². The van der Waals surface area contributed by atoms with E-state index in [4.69, 9.17) is 9.47 Å². The van der Waals surface area contributed by atoms with Gasteiger partial charge in [-0.2, -0.15) is 0 Å². The van der Waals surface area contributed by atoms with E-state index in [0.29, 0.717) is 5.69 Å². The van der Waals surface area contributed by atoms with E-state index >= 15 is 0 Å². The second kappa shape index (κ2) is 5.87. The van der Waals surface area contributed by atoms with Gasteiger partial charge in [0, 0.05) is 6.21 Å². The molecule has 0 bridgehead atoms. The molecule has 0 saturated heterocycles. The van der Waals surface area contributed by atoms with Gasteiger partial charge in [-0.25, -0.2) is 0 Å². The van der Waals surface area contributed by atoms with E-state index in [1.54, 1.807) is 12.3 Å². The molecule has 0 fully saturated rings. The van der Waals surface area contributed by atoms with Crippen LogP contribution in [0.25, 0.3) is 0 Å². The highest BCUT2D eigenvalue weighted by Crippen LogP contribution is 2.32. The summed E-state index contributed by atoms with van der Waals surface area (Å²) in [5, 5.41) is 9.88.